The van der Waals surface area contributed by atoms with Crippen molar-refractivity contribution in [3.63, 3.8) is 0 Å². The third-order valence-corrected chi connectivity index (χ3v) is 3.17. The lowest BCUT2D eigenvalue weighted by Gasteiger charge is -2.39. The third kappa shape index (κ3) is 2.94. The molecule has 3 nitrogen and oxygen atoms in total. The van der Waals surface area contributed by atoms with Crippen molar-refractivity contribution in [3.05, 3.63) is 0 Å². The number of rotatable bonds is 4. The molecule has 1 aliphatic rings. The average molecular weight is 212 g/mol. The van der Waals surface area contributed by atoms with E-state index in [0.29, 0.717) is 18.4 Å². The zero-order valence-electron chi connectivity index (χ0n) is 10.3. The summed E-state index contributed by atoms with van der Waals surface area (Å²) in [5.74, 6) is 1.40. The van der Waals surface area contributed by atoms with Crippen molar-refractivity contribution in [1.82, 2.24) is 0 Å². The zero-order valence-corrected chi connectivity index (χ0v) is 10.3. The molecule has 0 spiro atoms. The maximum absolute atomic E-state index is 6.07. The summed E-state index contributed by atoms with van der Waals surface area (Å²) in [5, 5.41) is 0. The van der Waals surface area contributed by atoms with E-state index in [9.17, 15) is 0 Å². The molecule has 0 aliphatic heterocycles. The molecule has 0 aromatic heterocycles. The van der Waals surface area contributed by atoms with Crippen molar-refractivity contribution in [2.45, 2.75) is 52.1 Å². The van der Waals surface area contributed by atoms with Crippen molar-refractivity contribution >= 4 is 5.84 Å². The Balaban J connectivity index is 2.81. The van der Waals surface area contributed by atoms with Crippen LogP contribution in [0.4, 0.5) is 0 Å². The average Bonchev–Trinajstić information content (AvgIpc) is 2.18. The maximum atomic E-state index is 6.07. The molecule has 0 radical (unpaired) electrons. The van der Waals surface area contributed by atoms with Gasteiger partial charge in [-0.05, 0) is 39.0 Å². The van der Waals surface area contributed by atoms with Crippen LogP contribution in [0, 0.1) is 5.92 Å². The molecular weight excluding hydrogens is 188 g/mol. The molecule has 0 amide bonds. The quantitative estimate of drug-likeness (QED) is 0.574. The molecule has 1 fully saturated rings. The topological polar surface area (TPSA) is 47.6 Å². The summed E-state index contributed by atoms with van der Waals surface area (Å²) in [6, 6.07) is 0. The first-order chi connectivity index (χ1) is 7.14. The minimum Gasteiger partial charge on any atom is -0.385 e. The SMILES string of the molecule is CCN=C(N)C1(OCC)CCCC(C)C1. The van der Waals surface area contributed by atoms with Crippen LogP contribution in [0.25, 0.3) is 0 Å². The third-order valence-electron chi connectivity index (χ3n) is 3.17. The molecule has 2 atom stereocenters. The van der Waals surface area contributed by atoms with E-state index in [1.54, 1.807) is 0 Å². The van der Waals surface area contributed by atoms with Gasteiger partial charge in [0.25, 0.3) is 0 Å². The molecule has 88 valence electrons. The van der Waals surface area contributed by atoms with Crippen molar-refractivity contribution in [3.8, 4) is 0 Å². The predicted molar refractivity (Wildman–Crippen MR) is 64.2 cm³/mol. The lowest BCUT2D eigenvalue weighted by Crippen LogP contribution is -2.49. The Kier molecular flexibility index (Phi) is 4.58. The van der Waals surface area contributed by atoms with Gasteiger partial charge in [0.05, 0.1) is 0 Å². The number of hydrogen-bond acceptors (Lipinski definition) is 2. The molecule has 0 saturated heterocycles. The molecule has 0 heterocycles. The smallest absolute Gasteiger partial charge is 0.126 e. The molecule has 2 unspecified atom stereocenters. The van der Waals surface area contributed by atoms with E-state index in [0.717, 1.165) is 19.4 Å². The van der Waals surface area contributed by atoms with Crippen LogP contribution in [0.3, 0.4) is 0 Å². The fourth-order valence-electron chi connectivity index (χ4n) is 2.53. The van der Waals surface area contributed by atoms with Crippen LogP contribution < -0.4 is 5.73 Å². The molecule has 0 bridgehead atoms. The van der Waals surface area contributed by atoms with Crippen LogP contribution in [0.2, 0.25) is 0 Å². The molecule has 0 aromatic rings. The summed E-state index contributed by atoms with van der Waals surface area (Å²) in [6.45, 7) is 7.77. The molecule has 1 rings (SSSR count). The second kappa shape index (κ2) is 5.50. The zero-order chi connectivity index (χ0) is 11.3. The van der Waals surface area contributed by atoms with E-state index in [1.807, 2.05) is 13.8 Å². The van der Waals surface area contributed by atoms with E-state index >= 15 is 0 Å². The first-order valence-electron chi connectivity index (χ1n) is 6.09. The Morgan fingerprint density at radius 1 is 1.53 bits per heavy atom. The fourth-order valence-corrected chi connectivity index (χ4v) is 2.53. The number of aliphatic imine (C=N–C) groups is 1. The molecule has 2 N–H and O–H groups in total. The Morgan fingerprint density at radius 2 is 2.27 bits per heavy atom. The minimum atomic E-state index is -0.261. The number of nitrogens with two attached hydrogens (primary N) is 1. The van der Waals surface area contributed by atoms with E-state index < -0.39 is 0 Å². The van der Waals surface area contributed by atoms with Crippen LogP contribution in [0.15, 0.2) is 4.99 Å². The summed E-state index contributed by atoms with van der Waals surface area (Å²) in [6.07, 6.45) is 4.53. The number of ether oxygens (including phenoxy) is 1. The normalized spacial score (nSPS) is 33.0. The van der Waals surface area contributed by atoms with Gasteiger partial charge in [0, 0.05) is 13.2 Å². The number of amidine groups is 1. The van der Waals surface area contributed by atoms with Gasteiger partial charge in [-0.3, -0.25) is 4.99 Å². The van der Waals surface area contributed by atoms with Gasteiger partial charge in [-0.15, -0.1) is 0 Å². The van der Waals surface area contributed by atoms with E-state index in [-0.39, 0.29) is 5.60 Å². The van der Waals surface area contributed by atoms with Crippen molar-refractivity contribution in [2.75, 3.05) is 13.2 Å². The Morgan fingerprint density at radius 3 is 2.80 bits per heavy atom. The molecule has 1 saturated carbocycles. The van der Waals surface area contributed by atoms with Gasteiger partial charge in [-0.25, -0.2) is 0 Å². The van der Waals surface area contributed by atoms with Gasteiger partial charge < -0.3 is 10.5 Å². The van der Waals surface area contributed by atoms with Crippen molar-refractivity contribution in [2.24, 2.45) is 16.6 Å². The highest BCUT2D eigenvalue weighted by atomic mass is 16.5. The monoisotopic (exact) mass is 212 g/mol. The molecule has 3 heteroatoms. The molecule has 15 heavy (non-hydrogen) atoms. The molecule has 0 aromatic carbocycles. The fraction of sp³-hybridized carbons (Fsp3) is 0.917. The second-order valence-corrected chi connectivity index (χ2v) is 4.49. The predicted octanol–water partition coefficient (Wildman–Crippen LogP) is 2.35. The lowest BCUT2D eigenvalue weighted by molar-refractivity contribution is -0.0246. The Labute approximate surface area is 93.1 Å². The Hall–Kier alpha value is -0.570. The Bertz CT molecular complexity index is 224. The van der Waals surface area contributed by atoms with Crippen LogP contribution in [0.1, 0.15) is 46.5 Å². The minimum absolute atomic E-state index is 0.261. The van der Waals surface area contributed by atoms with Gasteiger partial charge in [-0.2, -0.15) is 0 Å². The number of hydrogen-bond donors (Lipinski definition) is 1. The molecule has 1 aliphatic carbocycles. The standard InChI is InChI=1S/C12H24N2O/c1-4-14-11(13)12(15-5-2)8-6-7-10(3)9-12/h10H,4-9H2,1-3H3,(H2,13,14). The van der Waals surface area contributed by atoms with Gasteiger partial charge in [0.15, 0.2) is 0 Å². The van der Waals surface area contributed by atoms with Gasteiger partial charge in [-0.1, -0.05) is 13.3 Å². The highest BCUT2D eigenvalue weighted by Gasteiger charge is 2.39. The van der Waals surface area contributed by atoms with E-state index in [2.05, 4.69) is 11.9 Å². The van der Waals surface area contributed by atoms with E-state index in [4.69, 9.17) is 10.5 Å². The summed E-state index contributed by atoms with van der Waals surface area (Å²) in [4.78, 5) is 4.34. The first-order valence-corrected chi connectivity index (χ1v) is 6.09. The van der Waals surface area contributed by atoms with Gasteiger partial charge in [0.2, 0.25) is 0 Å². The van der Waals surface area contributed by atoms with Crippen molar-refractivity contribution < 1.29 is 4.74 Å². The van der Waals surface area contributed by atoms with Crippen molar-refractivity contribution in [1.29, 1.82) is 0 Å². The second-order valence-electron chi connectivity index (χ2n) is 4.49. The summed E-state index contributed by atoms with van der Waals surface area (Å²) >= 11 is 0. The summed E-state index contributed by atoms with van der Waals surface area (Å²) < 4.78 is 5.90. The lowest BCUT2D eigenvalue weighted by atomic mass is 9.78. The summed E-state index contributed by atoms with van der Waals surface area (Å²) in [5.41, 5.74) is 5.81. The summed E-state index contributed by atoms with van der Waals surface area (Å²) in [7, 11) is 0. The van der Waals surface area contributed by atoms with Gasteiger partial charge in [0.1, 0.15) is 11.4 Å². The molecular formula is C12H24N2O. The highest BCUT2D eigenvalue weighted by molar-refractivity contribution is 5.89. The largest absolute Gasteiger partial charge is 0.385 e. The highest BCUT2D eigenvalue weighted by Crippen LogP contribution is 2.35. The van der Waals surface area contributed by atoms with Crippen LogP contribution in [-0.2, 0) is 4.74 Å². The van der Waals surface area contributed by atoms with Crippen LogP contribution in [0.5, 0.6) is 0 Å². The van der Waals surface area contributed by atoms with Crippen LogP contribution in [-0.4, -0.2) is 24.6 Å². The van der Waals surface area contributed by atoms with Gasteiger partial charge >= 0.3 is 0 Å². The van der Waals surface area contributed by atoms with Crippen LogP contribution >= 0.6 is 0 Å². The maximum Gasteiger partial charge on any atom is 0.126 e. The number of nitrogens with zero attached hydrogens (tertiary/aromatic N) is 1. The first kappa shape index (κ1) is 12.5. The van der Waals surface area contributed by atoms with E-state index in [1.165, 1.54) is 12.8 Å².